The second-order valence-corrected chi connectivity index (χ2v) is 7.32. The van der Waals surface area contributed by atoms with Crippen LogP contribution in [0.3, 0.4) is 0 Å². The zero-order chi connectivity index (χ0) is 23.0. The molecule has 2 aliphatic heterocycles. The van der Waals surface area contributed by atoms with Crippen LogP contribution in [0.25, 0.3) is 0 Å². The Kier molecular flexibility index (Phi) is 5.15. The van der Waals surface area contributed by atoms with Crippen molar-refractivity contribution in [3.63, 3.8) is 0 Å². The Labute approximate surface area is 186 Å². The van der Waals surface area contributed by atoms with Crippen LogP contribution in [0.1, 0.15) is 22.9 Å². The molecular weight excluding hydrogens is 439 g/mol. The summed E-state index contributed by atoms with van der Waals surface area (Å²) in [6, 6.07) is 11.7. The molecule has 2 N–H and O–H groups in total. The van der Waals surface area contributed by atoms with Gasteiger partial charge in [0.15, 0.2) is 0 Å². The maximum atomic E-state index is 12.9. The quantitative estimate of drug-likeness (QED) is 0.597. The summed E-state index contributed by atoms with van der Waals surface area (Å²) in [6.07, 6.45) is -3.49. The van der Waals surface area contributed by atoms with Crippen LogP contribution >= 0.6 is 0 Å². The molecule has 2 aromatic carbocycles. The highest BCUT2D eigenvalue weighted by atomic mass is 19.4. The molecule has 0 fully saturated rings. The molecule has 0 radical (unpaired) electrons. The predicted octanol–water partition coefficient (Wildman–Crippen LogP) is 4.49. The summed E-state index contributed by atoms with van der Waals surface area (Å²) in [5.41, 5.74) is 1.84. The zero-order valence-corrected chi connectivity index (χ0v) is 17.3. The van der Waals surface area contributed by atoms with Crippen molar-refractivity contribution in [3.8, 4) is 11.5 Å². The standard InChI is InChI=1S/C22H18F3N5O3/c1-31-16-3-2-4-17-19(16)15(11-32-17)29-21-28-14-6-5-13(9-12(14)10-33-21)27-20-26-8-7-18(30-20)22(23,24)25/h2-9,15H,10-11H2,1H3,(H,28,29)(H,26,27,30). The molecule has 5 rings (SSSR count). The number of ether oxygens (including phenoxy) is 3. The number of aliphatic imine (C=N–C) groups is 1. The average molecular weight is 457 g/mol. The number of nitrogens with zero attached hydrogens (tertiary/aromatic N) is 3. The van der Waals surface area contributed by atoms with E-state index in [-0.39, 0.29) is 18.6 Å². The molecule has 33 heavy (non-hydrogen) atoms. The smallest absolute Gasteiger partial charge is 0.433 e. The Morgan fingerprint density at radius 3 is 2.82 bits per heavy atom. The third-order valence-corrected chi connectivity index (χ3v) is 5.17. The van der Waals surface area contributed by atoms with E-state index in [0.29, 0.717) is 29.8 Å². The highest BCUT2D eigenvalue weighted by Gasteiger charge is 2.33. The third-order valence-electron chi connectivity index (χ3n) is 5.17. The molecule has 11 heteroatoms. The minimum absolute atomic E-state index is 0.152. The number of amidine groups is 1. The van der Waals surface area contributed by atoms with Gasteiger partial charge >= 0.3 is 6.18 Å². The molecule has 1 aromatic heterocycles. The van der Waals surface area contributed by atoms with Gasteiger partial charge in [-0.3, -0.25) is 0 Å². The number of halogens is 3. The summed E-state index contributed by atoms with van der Waals surface area (Å²) in [5, 5.41) is 6.03. The van der Waals surface area contributed by atoms with Crippen LogP contribution in [-0.2, 0) is 17.5 Å². The summed E-state index contributed by atoms with van der Waals surface area (Å²) in [4.78, 5) is 11.9. The predicted molar refractivity (Wildman–Crippen MR) is 113 cm³/mol. The number of hydrogen-bond donors (Lipinski definition) is 2. The Bertz CT molecular complexity index is 1230. The molecule has 2 aliphatic rings. The van der Waals surface area contributed by atoms with E-state index < -0.39 is 11.9 Å². The number of rotatable bonds is 4. The number of methoxy groups -OCH3 is 1. The van der Waals surface area contributed by atoms with Crippen LogP contribution in [0.2, 0.25) is 0 Å². The first-order valence-corrected chi connectivity index (χ1v) is 9.98. The Hall–Kier alpha value is -4.02. The number of hydrogen-bond acceptors (Lipinski definition) is 8. The zero-order valence-electron chi connectivity index (χ0n) is 17.3. The molecule has 0 saturated carbocycles. The van der Waals surface area contributed by atoms with Gasteiger partial charge in [-0.2, -0.15) is 18.2 Å². The first-order valence-electron chi connectivity index (χ1n) is 9.98. The van der Waals surface area contributed by atoms with Crippen LogP contribution in [0.5, 0.6) is 11.5 Å². The fourth-order valence-electron chi connectivity index (χ4n) is 3.65. The lowest BCUT2D eigenvalue weighted by atomic mass is 10.1. The average Bonchev–Trinajstić information content (AvgIpc) is 3.22. The largest absolute Gasteiger partial charge is 0.496 e. The number of alkyl halides is 3. The third kappa shape index (κ3) is 4.21. The summed E-state index contributed by atoms with van der Waals surface area (Å²) in [7, 11) is 1.60. The first-order chi connectivity index (χ1) is 15.9. The van der Waals surface area contributed by atoms with Crippen LogP contribution in [0.4, 0.5) is 30.5 Å². The van der Waals surface area contributed by atoms with E-state index in [1.807, 2.05) is 18.2 Å². The number of anilines is 2. The highest BCUT2D eigenvalue weighted by molar-refractivity contribution is 5.81. The second kappa shape index (κ2) is 8.15. The number of nitrogens with one attached hydrogen (secondary N) is 2. The van der Waals surface area contributed by atoms with Crippen molar-refractivity contribution in [1.29, 1.82) is 0 Å². The topological polar surface area (TPSA) is 89.9 Å². The van der Waals surface area contributed by atoms with E-state index in [1.54, 1.807) is 25.3 Å². The molecule has 3 heterocycles. The molecule has 0 aliphatic carbocycles. The normalized spacial score (nSPS) is 16.6. The lowest BCUT2D eigenvalue weighted by Gasteiger charge is -2.21. The fraction of sp³-hybridized carbons (Fsp3) is 0.227. The van der Waals surface area contributed by atoms with Gasteiger partial charge in [0.05, 0.1) is 24.4 Å². The molecular formula is C22H18F3N5O3. The summed E-state index contributed by atoms with van der Waals surface area (Å²) in [6.45, 7) is 0.636. The Morgan fingerprint density at radius 2 is 2.00 bits per heavy atom. The van der Waals surface area contributed by atoms with Gasteiger partial charge in [0.1, 0.15) is 30.4 Å². The van der Waals surface area contributed by atoms with Gasteiger partial charge in [-0.1, -0.05) is 6.07 Å². The van der Waals surface area contributed by atoms with Crippen molar-refractivity contribution in [2.45, 2.75) is 18.8 Å². The van der Waals surface area contributed by atoms with Crippen molar-refractivity contribution < 1.29 is 27.4 Å². The highest BCUT2D eigenvalue weighted by Crippen LogP contribution is 2.39. The fourth-order valence-corrected chi connectivity index (χ4v) is 3.65. The molecule has 1 unspecified atom stereocenters. The SMILES string of the molecule is COc1cccc2c1C(NC1=Nc3ccc(Nc4nccc(C(F)(F)F)n4)cc3CO1)CO2. The molecule has 0 saturated heterocycles. The van der Waals surface area contributed by atoms with Gasteiger partial charge in [0.2, 0.25) is 5.95 Å². The van der Waals surface area contributed by atoms with Crippen LogP contribution in [0, 0.1) is 0 Å². The molecule has 170 valence electrons. The van der Waals surface area contributed by atoms with E-state index in [0.717, 1.165) is 29.1 Å². The Morgan fingerprint density at radius 1 is 1.12 bits per heavy atom. The molecule has 8 nitrogen and oxygen atoms in total. The second-order valence-electron chi connectivity index (χ2n) is 7.32. The van der Waals surface area contributed by atoms with Crippen molar-refractivity contribution >= 4 is 23.3 Å². The van der Waals surface area contributed by atoms with Gasteiger partial charge in [0, 0.05) is 17.4 Å². The van der Waals surface area contributed by atoms with E-state index in [2.05, 4.69) is 25.6 Å². The first kappa shape index (κ1) is 20.9. The van der Waals surface area contributed by atoms with Crippen molar-refractivity contribution in [1.82, 2.24) is 15.3 Å². The van der Waals surface area contributed by atoms with Crippen molar-refractivity contribution in [2.24, 2.45) is 4.99 Å². The van der Waals surface area contributed by atoms with E-state index >= 15 is 0 Å². The minimum atomic E-state index is -4.55. The molecule has 0 bridgehead atoms. The van der Waals surface area contributed by atoms with Crippen LogP contribution in [0.15, 0.2) is 53.7 Å². The molecule has 1 atom stereocenters. The van der Waals surface area contributed by atoms with E-state index in [9.17, 15) is 13.2 Å². The number of benzene rings is 2. The van der Waals surface area contributed by atoms with Gasteiger partial charge in [-0.15, -0.1) is 0 Å². The number of aromatic nitrogens is 2. The Balaban J connectivity index is 1.32. The van der Waals surface area contributed by atoms with Gasteiger partial charge < -0.3 is 24.8 Å². The molecule has 0 amide bonds. The summed E-state index contributed by atoms with van der Waals surface area (Å²) >= 11 is 0. The maximum absolute atomic E-state index is 12.9. The lowest BCUT2D eigenvalue weighted by molar-refractivity contribution is -0.141. The number of fused-ring (bicyclic) bond motifs is 2. The summed E-state index contributed by atoms with van der Waals surface area (Å²) in [5.74, 6) is 1.31. The summed E-state index contributed by atoms with van der Waals surface area (Å²) < 4.78 is 55.5. The van der Waals surface area contributed by atoms with Gasteiger partial charge in [-0.05, 0) is 36.4 Å². The van der Waals surface area contributed by atoms with Gasteiger partial charge in [-0.25, -0.2) is 9.97 Å². The monoisotopic (exact) mass is 457 g/mol. The van der Waals surface area contributed by atoms with Gasteiger partial charge in [0.25, 0.3) is 6.02 Å². The van der Waals surface area contributed by atoms with Crippen molar-refractivity contribution in [2.75, 3.05) is 19.0 Å². The van der Waals surface area contributed by atoms with E-state index in [1.165, 1.54) is 0 Å². The van der Waals surface area contributed by atoms with E-state index in [4.69, 9.17) is 14.2 Å². The van der Waals surface area contributed by atoms with Crippen LogP contribution in [-0.4, -0.2) is 29.7 Å². The molecule has 3 aromatic rings. The van der Waals surface area contributed by atoms with Crippen LogP contribution < -0.4 is 20.1 Å². The molecule has 0 spiro atoms. The lowest BCUT2D eigenvalue weighted by Crippen LogP contribution is -2.32. The maximum Gasteiger partial charge on any atom is 0.433 e. The van der Waals surface area contributed by atoms with Crippen molar-refractivity contribution in [3.05, 3.63) is 65.5 Å². The minimum Gasteiger partial charge on any atom is -0.496 e.